The minimum atomic E-state index is -0.320. The van der Waals surface area contributed by atoms with Crippen LogP contribution in [0.15, 0.2) is 30.7 Å². The quantitative estimate of drug-likeness (QED) is 0.761. The molecule has 0 unspecified atom stereocenters. The minimum Gasteiger partial charge on any atom is -0.340 e. The van der Waals surface area contributed by atoms with Crippen molar-refractivity contribution in [3.8, 4) is 0 Å². The summed E-state index contributed by atoms with van der Waals surface area (Å²) in [6.45, 7) is 1.86. The van der Waals surface area contributed by atoms with Gasteiger partial charge in [-0.1, -0.05) is 6.07 Å². The normalized spacial score (nSPS) is 10.5. The Morgan fingerprint density at radius 3 is 2.88 bits per heavy atom. The average molecular weight is 232 g/mol. The molecule has 1 aromatic heterocycles. The van der Waals surface area contributed by atoms with Crippen LogP contribution in [0.3, 0.4) is 0 Å². The van der Waals surface area contributed by atoms with E-state index in [1.165, 1.54) is 12.1 Å². The SMILES string of the molecule is Cc1ccc(F)cc1CC(=O)c1cn(C)cn1. The van der Waals surface area contributed by atoms with E-state index in [1.807, 2.05) is 6.92 Å². The Balaban J connectivity index is 2.21. The van der Waals surface area contributed by atoms with Crippen LogP contribution in [0.25, 0.3) is 0 Å². The molecule has 3 nitrogen and oxygen atoms in total. The van der Waals surface area contributed by atoms with Gasteiger partial charge in [-0.05, 0) is 30.2 Å². The Labute approximate surface area is 98.9 Å². The number of ketones is 1. The molecule has 0 saturated heterocycles. The molecule has 0 spiro atoms. The van der Waals surface area contributed by atoms with Crippen molar-refractivity contribution < 1.29 is 9.18 Å². The second-order valence-electron chi connectivity index (χ2n) is 4.10. The van der Waals surface area contributed by atoms with Crippen LogP contribution in [0.2, 0.25) is 0 Å². The molecule has 1 aromatic carbocycles. The number of Topliss-reactive ketones (excluding diaryl/α,β-unsaturated/α-hetero) is 1. The molecular weight excluding hydrogens is 219 g/mol. The highest BCUT2D eigenvalue weighted by atomic mass is 19.1. The molecule has 0 bridgehead atoms. The van der Waals surface area contributed by atoms with Crippen LogP contribution in [0.4, 0.5) is 4.39 Å². The van der Waals surface area contributed by atoms with Crippen molar-refractivity contribution in [2.75, 3.05) is 0 Å². The summed E-state index contributed by atoms with van der Waals surface area (Å²) < 4.78 is 14.8. The average Bonchev–Trinajstić information content (AvgIpc) is 2.70. The van der Waals surface area contributed by atoms with Crippen molar-refractivity contribution in [1.82, 2.24) is 9.55 Å². The highest BCUT2D eigenvalue weighted by molar-refractivity contribution is 5.95. The highest BCUT2D eigenvalue weighted by Gasteiger charge is 2.11. The van der Waals surface area contributed by atoms with Crippen molar-refractivity contribution in [1.29, 1.82) is 0 Å². The van der Waals surface area contributed by atoms with Gasteiger partial charge >= 0.3 is 0 Å². The predicted molar refractivity (Wildman–Crippen MR) is 62.4 cm³/mol. The number of carbonyl (C=O) groups excluding carboxylic acids is 1. The molecule has 1 heterocycles. The number of hydrogen-bond donors (Lipinski definition) is 0. The molecular formula is C13H13FN2O. The summed E-state index contributed by atoms with van der Waals surface area (Å²) in [6.07, 6.45) is 3.42. The van der Waals surface area contributed by atoms with Gasteiger partial charge in [0, 0.05) is 19.7 Å². The van der Waals surface area contributed by atoms with E-state index >= 15 is 0 Å². The topological polar surface area (TPSA) is 34.9 Å². The van der Waals surface area contributed by atoms with E-state index in [9.17, 15) is 9.18 Å². The van der Waals surface area contributed by atoms with Gasteiger partial charge in [0.25, 0.3) is 0 Å². The van der Waals surface area contributed by atoms with E-state index in [4.69, 9.17) is 0 Å². The number of imidazole rings is 1. The Kier molecular flexibility index (Phi) is 3.04. The van der Waals surface area contributed by atoms with Crippen molar-refractivity contribution in [3.05, 3.63) is 53.4 Å². The predicted octanol–water partition coefficient (Wildman–Crippen LogP) is 2.29. The number of hydrogen-bond acceptors (Lipinski definition) is 2. The van der Waals surface area contributed by atoms with Gasteiger partial charge in [-0.2, -0.15) is 0 Å². The van der Waals surface area contributed by atoms with Crippen LogP contribution in [0, 0.1) is 12.7 Å². The molecule has 0 N–H and O–H groups in total. The second-order valence-corrected chi connectivity index (χ2v) is 4.10. The summed E-state index contributed by atoms with van der Waals surface area (Å²) in [5.74, 6) is -0.418. The number of aromatic nitrogens is 2. The first-order valence-electron chi connectivity index (χ1n) is 5.32. The Morgan fingerprint density at radius 2 is 2.24 bits per heavy atom. The van der Waals surface area contributed by atoms with E-state index in [0.29, 0.717) is 11.3 Å². The molecule has 0 aliphatic carbocycles. The number of nitrogens with zero attached hydrogens (tertiary/aromatic N) is 2. The fourth-order valence-corrected chi connectivity index (χ4v) is 1.65. The summed E-state index contributed by atoms with van der Waals surface area (Å²) in [7, 11) is 1.80. The maximum atomic E-state index is 13.1. The van der Waals surface area contributed by atoms with Crippen molar-refractivity contribution in [2.24, 2.45) is 7.05 Å². The Bertz CT molecular complexity index is 560. The number of aryl methyl sites for hydroxylation is 2. The molecule has 0 saturated carbocycles. The molecule has 0 atom stereocenters. The lowest BCUT2D eigenvalue weighted by Gasteiger charge is -2.03. The van der Waals surface area contributed by atoms with E-state index in [1.54, 1.807) is 30.2 Å². The molecule has 2 aromatic rings. The maximum absolute atomic E-state index is 13.1. The number of carbonyl (C=O) groups is 1. The molecule has 17 heavy (non-hydrogen) atoms. The van der Waals surface area contributed by atoms with Gasteiger partial charge in [-0.3, -0.25) is 4.79 Å². The molecule has 88 valence electrons. The molecule has 0 aliphatic heterocycles. The summed E-state index contributed by atoms with van der Waals surface area (Å²) >= 11 is 0. The lowest BCUT2D eigenvalue weighted by Crippen LogP contribution is -2.05. The lowest BCUT2D eigenvalue weighted by molar-refractivity contribution is 0.0988. The van der Waals surface area contributed by atoms with Crippen molar-refractivity contribution >= 4 is 5.78 Å². The molecule has 2 rings (SSSR count). The Morgan fingerprint density at radius 1 is 1.47 bits per heavy atom. The minimum absolute atomic E-state index is 0.0979. The zero-order valence-electron chi connectivity index (χ0n) is 9.77. The monoisotopic (exact) mass is 232 g/mol. The molecule has 0 fully saturated rings. The van der Waals surface area contributed by atoms with Crippen LogP contribution < -0.4 is 0 Å². The van der Waals surface area contributed by atoms with Gasteiger partial charge in [0.05, 0.1) is 6.33 Å². The van der Waals surface area contributed by atoms with Gasteiger partial charge in [-0.25, -0.2) is 9.37 Å². The van der Waals surface area contributed by atoms with Gasteiger partial charge in [0.2, 0.25) is 0 Å². The zero-order chi connectivity index (χ0) is 12.4. The largest absolute Gasteiger partial charge is 0.340 e. The molecule has 0 radical (unpaired) electrons. The van der Waals surface area contributed by atoms with Crippen molar-refractivity contribution in [2.45, 2.75) is 13.3 Å². The van der Waals surface area contributed by atoms with Crippen LogP contribution in [0.1, 0.15) is 21.6 Å². The summed E-state index contributed by atoms with van der Waals surface area (Å²) in [6, 6.07) is 4.47. The first kappa shape index (κ1) is 11.5. The van der Waals surface area contributed by atoms with E-state index < -0.39 is 0 Å². The van der Waals surface area contributed by atoms with Gasteiger partial charge in [0.1, 0.15) is 11.5 Å². The first-order valence-corrected chi connectivity index (χ1v) is 5.32. The lowest BCUT2D eigenvalue weighted by atomic mass is 10.0. The highest BCUT2D eigenvalue weighted by Crippen LogP contribution is 2.13. The van der Waals surface area contributed by atoms with Gasteiger partial charge in [0.15, 0.2) is 5.78 Å². The summed E-state index contributed by atoms with van der Waals surface area (Å²) in [5, 5.41) is 0. The number of benzene rings is 1. The second kappa shape index (κ2) is 4.49. The fraction of sp³-hybridized carbons (Fsp3) is 0.231. The van der Waals surface area contributed by atoms with Crippen molar-refractivity contribution in [3.63, 3.8) is 0 Å². The summed E-state index contributed by atoms with van der Waals surface area (Å²) in [5.41, 5.74) is 2.03. The standard InChI is InChI=1S/C13H13FN2O/c1-9-3-4-11(14)5-10(9)6-13(17)12-7-16(2)8-15-12/h3-5,7-8H,6H2,1-2H3. The maximum Gasteiger partial charge on any atom is 0.187 e. The van der Waals surface area contributed by atoms with E-state index in [-0.39, 0.29) is 18.0 Å². The third-order valence-electron chi connectivity index (χ3n) is 2.65. The number of rotatable bonds is 3. The van der Waals surface area contributed by atoms with Gasteiger partial charge in [-0.15, -0.1) is 0 Å². The van der Waals surface area contributed by atoms with E-state index in [2.05, 4.69) is 4.98 Å². The van der Waals surface area contributed by atoms with Crippen LogP contribution in [-0.4, -0.2) is 15.3 Å². The zero-order valence-corrected chi connectivity index (χ0v) is 9.77. The fourth-order valence-electron chi connectivity index (χ4n) is 1.65. The van der Waals surface area contributed by atoms with Gasteiger partial charge < -0.3 is 4.57 Å². The molecule has 0 aliphatic rings. The van der Waals surface area contributed by atoms with Crippen LogP contribution in [-0.2, 0) is 13.5 Å². The number of halogens is 1. The Hall–Kier alpha value is -1.97. The third kappa shape index (κ3) is 2.58. The van der Waals surface area contributed by atoms with E-state index in [0.717, 1.165) is 5.56 Å². The third-order valence-corrected chi connectivity index (χ3v) is 2.65. The summed E-state index contributed by atoms with van der Waals surface area (Å²) in [4.78, 5) is 15.9. The van der Waals surface area contributed by atoms with Crippen LogP contribution in [0.5, 0.6) is 0 Å². The van der Waals surface area contributed by atoms with Crippen LogP contribution >= 0.6 is 0 Å². The molecule has 4 heteroatoms. The molecule has 0 amide bonds. The first-order chi connectivity index (χ1) is 8.06. The smallest absolute Gasteiger partial charge is 0.187 e.